The molecule has 0 aliphatic heterocycles. The normalized spacial score (nSPS) is 12.7. The molecule has 4 N–H and O–H groups in total. The predicted octanol–water partition coefficient (Wildman–Crippen LogP) is 6.89. The monoisotopic (exact) mass is 462 g/mol. The van der Waals surface area contributed by atoms with Crippen LogP contribution >= 0.6 is 23.2 Å². The molecule has 0 spiro atoms. The third-order valence-electron chi connectivity index (χ3n) is 5.25. The molecule has 0 radical (unpaired) electrons. The minimum Gasteiger partial charge on any atom is -0.478 e. The van der Waals surface area contributed by atoms with Gasteiger partial charge in [-0.2, -0.15) is 0 Å². The van der Waals surface area contributed by atoms with Crippen molar-refractivity contribution in [2.24, 2.45) is 0 Å². The van der Waals surface area contributed by atoms with Crippen LogP contribution in [0.2, 0.25) is 5.02 Å². The van der Waals surface area contributed by atoms with Crippen LogP contribution in [-0.2, 0) is 4.87 Å². The van der Waals surface area contributed by atoms with Crippen LogP contribution in [0, 0.1) is 0 Å². The first-order valence-corrected chi connectivity index (χ1v) is 10.6. The molecule has 0 fully saturated rings. The number of benzene rings is 4. The Morgan fingerprint density at radius 1 is 0.781 bits per heavy atom. The van der Waals surface area contributed by atoms with Crippen LogP contribution in [0.3, 0.4) is 0 Å². The third kappa shape index (κ3) is 4.28. The van der Waals surface area contributed by atoms with Crippen molar-refractivity contribution in [3.63, 3.8) is 0 Å². The van der Waals surface area contributed by atoms with E-state index in [0.717, 1.165) is 22.4 Å². The summed E-state index contributed by atoms with van der Waals surface area (Å²) in [5, 5.41) is 12.7. The second kappa shape index (κ2) is 8.95. The van der Waals surface area contributed by atoms with Gasteiger partial charge in [-0.15, -0.1) is 11.6 Å². The lowest BCUT2D eigenvalue weighted by Crippen LogP contribution is -2.22. The van der Waals surface area contributed by atoms with E-state index in [1.165, 1.54) is 6.07 Å². The van der Waals surface area contributed by atoms with E-state index in [1.54, 1.807) is 12.1 Å². The van der Waals surface area contributed by atoms with Gasteiger partial charge in [-0.3, -0.25) is 0 Å². The number of hydrogen-bond donors (Lipinski definition) is 3. The van der Waals surface area contributed by atoms with Gasteiger partial charge in [-0.1, -0.05) is 66.2 Å². The molecule has 0 bridgehead atoms. The summed E-state index contributed by atoms with van der Waals surface area (Å²) in [4.78, 5) is 10.4. The first-order valence-electron chi connectivity index (χ1n) is 9.89. The molecule has 0 amide bonds. The number of nitrogen functional groups attached to an aromatic ring is 1. The summed E-state index contributed by atoms with van der Waals surface area (Å²) in [5.74, 6) is -1.08. The van der Waals surface area contributed by atoms with Crippen molar-refractivity contribution >= 4 is 46.2 Å². The van der Waals surface area contributed by atoms with Crippen molar-refractivity contribution in [1.29, 1.82) is 0 Å². The Morgan fingerprint density at radius 2 is 1.31 bits per heavy atom. The number of aromatic carboxylic acids is 1. The number of carboxylic acids is 1. The zero-order chi connectivity index (χ0) is 22.7. The van der Waals surface area contributed by atoms with Crippen LogP contribution in [-0.4, -0.2) is 11.1 Å². The molecule has 4 aromatic rings. The Balaban J connectivity index is 1.70. The second-order valence-corrected chi connectivity index (χ2v) is 8.32. The zero-order valence-electron chi connectivity index (χ0n) is 16.9. The molecule has 1 atom stereocenters. The molecule has 1 unspecified atom stereocenters. The van der Waals surface area contributed by atoms with E-state index in [9.17, 15) is 9.90 Å². The molecule has 0 aliphatic carbocycles. The second-order valence-electron chi connectivity index (χ2n) is 7.35. The van der Waals surface area contributed by atoms with Gasteiger partial charge >= 0.3 is 5.97 Å². The Labute approximate surface area is 196 Å². The van der Waals surface area contributed by atoms with Crippen molar-refractivity contribution < 1.29 is 9.90 Å². The largest absolute Gasteiger partial charge is 0.478 e. The zero-order valence-corrected chi connectivity index (χ0v) is 18.4. The highest BCUT2D eigenvalue weighted by molar-refractivity contribution is 6.33. The molecule has 0 saturated heterocycles. The van der Waals surface area contributed by atoms with Crippen molar-refractivity contribution in [2.75, 3.05) is 11.1 Å². The Morgan fingerprint density at radius 3 is 1.91 bits per heavy atom. The number of anilines is 3. The first-order chi connectivity index (χ1) is 15.4. The maximum Gasteiger partial charge on any atom is 0.337 e. The molecule has 4 nitrogen and oxygen atoms in total. The van der Waals surface area contributed by atoms with E-state index in [1.807, 2.05) is 78.9 Å². The average Bonchev–Trinajstić information content (AvgIpc) is 2.81. The van der Waals surface area contributed by atoms with Gasteiger partial charge in [0.1, 0.15) is 4.87 Å². The number of hydrogen-bond acceptors (Lipinski definition) is 3. The first kappa shape index (κ1) is 21.8. The smallest absolute Gasteiger partial charge is 0.337 e. The van der Waals surface area contributed by atoms with E-state index in [0.29, 0.717) is 11.4 Å². The van der Waals surface area contributed by atoms with Crippen LogP contribution in [0.25, 0.3) is 0 Å². The van der Waals surface area contributed by atoms with Gasteiger partial charge in [0.2, 0.25) is 0 Å². The molecular weight excluding hydrogens is 443 g/mol. The van der Waals surface area contributed by atoms with Gasteiger partial charge in [-0.05, 0) is 59.2 Å². The van der Waals surface area contributed by atoms with Crippen LogP contribution in [0.4, 0.5) is 17.1 Å². The van der Waals surface area contributed by atoms with Crippen molar-refractivity contribution in [3.8, 4) is 0 Å². The predicted molar refractivity (Wildman–Crippen MR) is 131 cm³/mol. The fraction of sp³-hybridized carbons (Fsp3) is 0.0385. The summed E-state index contributed by atoms with van der Waals surface area (Å²) in [6.07, 6.45) is 0. The summed E-state index contributed by atoms with van der Waals surface area (Å²) in [7, 11) is 0. The fourth-order valence-electron chi connectivity index (χ4n) is 3.60. The quantitative estimate of drug-likeness (QED) is 0.165. The maximum absolute atomic E-state index is 11.3. The van der Waals surface area contributed by atoms with Crippen LogP contribution < -0.4 is 11.1 Å². The summed E-state index contributed by atoms with van der Waals surface area (Å²) in [6.45, 7) is 0. The van der Waals surface area contributed by atoms with Gasteiger partial charge in [0.25, 0.3) is 0 Å². The van der Waals surface area contributed by atoms with Crippen molar-refractivity contribution in [3.05, 3.63) is 124 Å². The van der Waals surface area contributed by atoms with Gasteiger partial charge in [0.15, 0.2) is 0 Å². The SMILES string of the molecule is Nc1ccc(C(Cl)(c2ccccc2)c2ccc(Nc3ccc(Cl)c(C(=O)O)c3)cc2)cc1. The Bertz CT molecular complexity index is 1240. The van der Waals surface area contributed by atoms with Crippen molar-refractivity contribution in [1.82, 2.24) is 0 Å². The Hall–Kier alpha value is -3.47. The molecule has 4 rings (SSSR count). The van der Waals surface area contributed by atoms with E-state index in [4.69, 9.17) is 28.9 Å². The molecule has 160 valence electrons. The Kier molecular flexibility index (Phi) is 6.08. The lowest BCUT2D eigenvalue weighted by molar-refractivity contribution is 0.0697. The van der Waals surface area contributed by atoms with Crippen molar-refractivity contribution in [2.45, 2.75) is 4.87 Å². The van der Waals surface area contributed by atoms with E-state index < -0.39 is 10.8 Å². The molecule has 0 saturated carbocycles. The highest BCUT2D eigenvalue weighted by Crippen LogP contribution is 2.43. The summed E-state index contributed by atoms with van der Waals surface area (Å²) in [6, 6.07) is 29.9. The fourth-order valence-corrected chi connectivity index (χ4v) is 4.17. The molecular formula is C26H20Cl2N2O2. The average molecular weight is 463 g/mol. The van der Waals surface area contributed by atoms with Gasteiger partial charge in [-0.25, -0.2) is 4.79 Å². The number of carbonyl (C=O) groups is 1. The number of alkyl halides is 1. The summed E-state index contributed by atoms with van der Waals surface area (Å²) < 4.78 is 0. The minimum absolute atomic E-state index is 0.0421. The molecule has 0 aromatic heterocycles. The third-order valence-corrected chi connectivity index (χ3v) is 6.23. The number of nitrogens with two attached hydrogens (primary N) is 1. The van der Waals surface area contributed by atoms with E-state index in [2.05, 4.69) is 5.32 Å². The summed E-state index contributed by atoms with van der Waals surface area (Å²) in [5.41, 5.74) is 10.7. The number of nitrogens with one attached hydrogen (secondary N) is 1. The van der Waals surface area contributed by atoms with Crippen LogP contribution in [0.1, 0.15) is 27.0 Å². The van der Waals surface area contributed by atoms with E-state index in [-0.39, 0.29) is 10.6 Å². The molecule has 0 aliphatic rings. The lowest BCUT2D eigenvalue weighted by Gasteiger charge is -2.29. The number of carboxylic acid groups (broad SMARTS) is 1. The number of halogens is 2. The van der Waals surface area contributed by atoms with E-state index >= 15 is 0 Å². The van der Waals surface area contributed by atoms with Crippen LogP contribution in [0.15, 0.2) is 97.1 Å². The number of rotatable bonds is 6. The van der Waals surface area contributed by atoms with Gasteiger partial charge in [0, 0.05) is 17.1 Å². The minimum atomic E-state index is -1.08. The maximum atomic E-state index is 11.3. The summed E-state index contributed by atoms with van der Waals surface area (Å²) >= 11 is 13.3. The molecule has 32 heavy (non-hydrogen) atoms. The highest BCUT2D eigenvalue weighted by Gasteiger charge is 2.33. The highest BCUT2D eigenvalue weighted by atomic mass is 35.5. The molecule has 4 aromatic carbocycles. The van der Waals surface area contributed by atoms with Crippen LogP contribution in [0.5, 0.6) is 0 Å². The standard InChI is InChI=1S/C26H20Cl2N2O2/c27-24-15-14-22(16-23(24)25(31)32)30-21-12-8-19(9-13-21)26(28,17-4-2-1-3-5-17)18-6-10-20(29)11-7-18/h1-16,30H,29H2,(H,31,32). The van der Waals surface area contributed by atoms with Gasteiger partial charge in [0.05, 0.1) is 10.6 Å². The lowest BCUT2D eigenvalue weighted by atomic mass is 9.84. The van der Waals surface area contributed by atoms with Gasteiger partial charge < -0.3 is 16.2 Å². The topological polar surface area (TPSA) is 75.3 Å². The molecule has 0 heterocycles. The molecule has 6 heteroatoms.